The van der Waals surface area contributed by atoms with E-state index in [9.17, 15) is 4.79 Å². The Bertz CT molecular complexity index is 1210. The number of nitrogens with zero attached hydrogens (tertiary/aromatic N) is 2. The van der Waals surface area contributed by atoms with Gasteiger partial charge in [0.05, 0.1) is 11.1 Å². The lowest BCUT2D eigenvalue weighted by Crippen LogP contribution is -2.15. The van der Waals surface area contributed by atoms with Crippen LogP contribution in [0.3, 0.4) is 0 Å². The van der Waals surface area contributed by atoms with Crippen LogP contribution in [0.15, 0.2) is 65.3 Å². The Morgan fingerprint density at radius 3 is 2.42 bits per heavy atom. The molecule has 31 heavy (non-hydrogen) atoms. The molecule has 4 rings (SSSR count). The lowest BCUT2D eigenvalue weighted by molar-refractivity contribution is -0.113. The van der Waals surface area contributed by atoms with Crippen LogP contribution in [0.1, 0.15) is 31.9 Å². The van der Waals surface area contributed by atoms with E-state index in [-0.39, 0.29) is 17.1 Å². The number of aryl methyl sites for hydroxylation is 1. The molecular weight excluding hydrogens is 422 g/mol. The highest BCUT2D eigenvalue weighted by Gasteiger charge is 2.16. The van der Waals surface area contributed by atoms with Gasteiger partial charge in [0, 0.05) is 16.6 Å². The van der Waals surface area contributed by atoms with E-state index in [0.29, 0.717) is 0 Å². The number of hydrogen-bond acceptors (Lipinski definition) is 5. The van der Waals surface area contributed by atoms with Gasteiger partial charge in [-0.2, -0.15) is 0 Å². The number of hydrogen-bond donors (Lipinski definition) is 1. The zero-order valence-electron chi connectivity index (χ0n) is 18.1. The van der Waals surface area contributed by atoms with Crippen LogP contribution in [0.2, 0.25) is 0 Å². The van der Waals surface area contributed by atoms with Crippen molar-refractivity contribution in [1.29, 1.82) is 0 Å². The second kappa shape index (κ2) is 8.81. The van der Waals surface area contributed by atoms with Crippen molar-refractivity contribution in [2.24, 2.45) is 0 Å². The summed E-state index contributed by atoms with van der Waals surface area (Å²) in [6.45, 7) is 8.61. The molecule has 0 aliphatic heterocycles. The summed E-state index contributed by atoms with van der Waals surface area (Å²) in [6.07, 6.45) is 1.57. The number of amides is 1. The molecule has 4 nitrogen and oxygen atoms in total. The van der Waals surface area contributed by atoms with E-state index in [2.05, 4.69) is 84.8 Å². The van der Waals surface area contributed by atoms with Gasteiger partial charge < -0.3 is 5.32 Å². The van der Waals surface area contributed by atoms with Crippen molar-refractivity contribution < 1.29 is 4.79 Å². The van der Waals surface area contributed by atoms with Gasteiger partial charge >= 0.3 is 0 Å². The van der Waals surface area contributed by atoms with E-state index < -0.39 is 0 Å². The van der Waals surface area contributed by atoms with Crippen molar-refractivity contribution in [2.45, 2.75) is 38.1 Å². The minimum atomic E-state index is -0.0487. The van der Waals surface area contributed by atoms with Crippen molar-refractivity contribution in [2.75, 3.05) is 11.1 Å². The van der Waals surface area contributed by atoms with Crippen molar-refractivity contribution in [1.82, 2.24) is 9.97 Å². The Balaban J connectivity index is 1.49. The van der Waals surface area contributed by atoms with Gasteiger partial charge in [0.1, 0.15) is 16.2 Å². The second-order valence-corrected chi connectivity index (χ2v) is 10.4. The molecule has 0 spiro atoms. The molecule has 0 saturated carbocycles. The molecule has 0 unspecified atom stereocenters. The molecule has 0 atom stereocenters. The molecule has 158 valence electrons. The van der Waals surface area contributed by atoms with E-state index in [1.807, 2.05) is 12.1 Å². The standard InChI is InChI=1S/C25H25N3OS2/c1-16-5-7-17(8-6-16)20-13-30-23-22(20)24(27-15-26-23)31-14-21(29)28-19-11-9-18(10-12-19)25(2,3)4/h5-13,15H,14H2,1-4H3,(H,28,29). The highest BCUT2D eigenvalue weighted by Crippen LogP contribution is 2.38. The number of anilines is 1. The molecule has 2 aromatic heterocycles. The van der Waals surface area contributed by atoms with Crippen molar-refractivity contribution in [3.63, 3.8) is 0 Å². The van der Waals surface area contributed by atoms with Gasteiger partial charge in [-0.1, -0.05) is 74.5 Å². The largest absolute Gasteiger partial charge is 0.325 e. The summed E-state index contributed by atoms with van der Waals surface area (Å²) in [7, 11) is 0. The third-order valence-electron chi connectivity index (χ3n) is 5.07. The first-order valence-electron chi connectivity index (χ1n) is 10.1. The predicted octanol–water partition coefficient (Wildman–Crippen LogP) is 6.70. The number of aromatic nitrogens is 2. The molecule has 1 amide bonds. The van der Waals surface area contributed by atoms with Crippen LogP contribution in [0.25, 0.3) is 21.3 Å². The van der Waals surface area contributed by atoms with E-state index in [1.54, 1.807) is 17.7 Å². The first-order valence-corrected chi connectivity index (χ1v) is 12.0. The zero-order valence-corrected chi connectivity index (χ0v) is 19.7. The van der Waals surface area contributed by atoms with E-state index in [0.717, 1.165) is 32.1 Å². The summed E-state index contributed by atoms with van der Waals surface area (Å²) in [5, 5.41) is 6.95. The number of benzene rings is 2. The third kappa shape index (κ3) is 4.97. The average molecular weight is 448 g/mol. The fourth-order valence-electron chi connectivity index (χ4n) is 3.29. The molecule has 1 N–H and O–H groups in total. The molecule has 0 aliphatic carbocycles. The van der Waals surface area contributed by atoms with Crippen LogP contribution < -0.4 is 5.32 Å². The number of fused-ring (bicyclic) bond motifs is 1. The average Bonchev–Trinajstić information content (AvgIpc) is 3.17. The van der Waals surface area contributed by atoms with Gasteiger partial charge in [-0.15, -0.1) is 11.3 Å². The summed E-state index contributed by atoms with van der Waals surface area (Å²) in [5.74, 6) is 0.239. The number of nitrogens with one attached hydrogen (secondary N) is 1. The number of thiophene rings is 1. The van der Waals surface area contributed by atoms with Gasteiger partial charge in [-0.25, -0.2) is 9.97 Å². The van der Waals surface area contributed by atoms with Crippen molar-refractivity contribution >= 4 is 44.9 Å². The Morgan fingerprint density at radius 1 is 1.03 bits per heavy atom. The summed E-state index contributed by atoms with van der Waals surface area (Å²) in [4.78, 5) is 22.4. The van der Waals surface area contributed by atoms with E-state index >= 15 is 0 Å². The van der Waals surface area contributed by atoms with Crippen molar-refractivity contribution in [3.05, 3.63) is 71.4 Å². The Hall–Kier alpha value is -2.70. The molecule has 4 aromatic rings. The minimum Gasteiger partial charge on any atom is -0.325 e. The lowest BCUT2D eigenvalue weighted by atomic mass is 9.87. The van der Waals surface area contributed by atoms with Gasteiger partial charge in [-0.3, -0.25) is 4.79 Å². The van der Waals surface area contributed by atoms with Crippen LogP contribution in [0, 0.1) is 6.92 Å². The second-order valence-electron chi connectivity index (χ2n) is 8.54. The van der Waals surface area contributed by atoms with Crippen LogP contribution in [-0.4, -0.2) is 21.6 Å². The first kappa shape index (κ1) is 21.5. The number of thioether (sulfide) groups is 1. The zero-order chi connectivity index (χ0) is 22.0. The molecule has 2 heterocycles. The monoisotopic (exact) mass is 447 g/mol. The van der Waals surface area contributed by atoms with Gasteiger partial charge in [0.25, 0.3) is 0 Å². The van der Waals surface area contributed by atoms with Gasteiger partial charge in [-0.05, 0) is 35.6 Å². The molecule has 6 heteroatoms. The Morgan fingerprint density at radius 2 is 1.74 bits per heavy atom. The molecule has 0 radical (unpaired) electrons. The topological polar surface area (TPSA) is 54.9 Å². The lowest BCUT2D eigenvalue weighted by Gasteiger charge is -2.19. The number of rotatable bonds is 5. The predicted molar refractivity (Wildman–Crippen MR) is 132 cm³/mol. The van der Waals surface area contributed by atoms with Crippen LogP contribution in [0.4, 0.5) is 5.69 Å². The summed E-state index contributed by atoms with van der Waals surface area (Å²) in [6, 6.07) is 16.5. The normalized spacial score (nSPS) is 11.6. The molecule has 0 fully saturated rings. The molecule has 0 aliphatic rings. The highest BCUT2D eigenvalue weighted by atomic mass is 32.2. The van der Waals surface area contributed by atoms with Crippen LogP contribution in [-0.2, 0) is 10.2 Å². The first-order chi connectivity index (χ1) is 14.8. The highest BCUT2D eigenvalue weighted by molar-refractivity contribution is 8.00. The maximum atomic E-state index is 12.6. The smallest absolute Gasteiger partial charge is 0.234 e. The fourth-order valence-corrected chi connectivity index (χ4v) is 5.08. The summed E-state index contributed by atoms with van der Waals surface area (Å²) < 4.78 is 0. The van der Waals surface area contributed by atoms with Crippen LogP contribution in [0.5, 0.6) is 0 Å². The SMILES string of the molecule is Cc1ccc(-c2csc3ncnc(SCC(=O)Nc4ccc(C(C)(C)C)cc4)c23)cc1. The summed E-state index contributed by atoms with van der Waals surface area (Å²) in [5.41, 5.74) is 5.61. The molecular formula is C25H25N3OS2. The van der Waals surface area contributed by atoms with E-state index in [1.165, 1.54) is 22.9 Å². The Kier molecular flexibility index (Phi) is 6.12. The Labute approximate surface area is 191 Å². The van der Waals surface area contributed by atoms with E-state index in [4.69, 9.17) is 0 Å². The quantitative estimate of drug-likeness (QED) is 0.273. The van der Waals surface area contributed by atoms with Crippen molar-refractivity contribution in [3.8, 4) is 11.1 Å². The molecule has 2 aromatic carbocycles. The minimum absolute atomic E-state index is 0.0487. The summed E-state index contributed by atoms with van der Waals surface area (Å²) >= 11 is 3.05. The van der Waals surface area contributed by atoms with Gasteiger partial charge in [0.2, 0.25) is 5.91 Å². The number of carbonyl (C=O) groups is 1. The maximum absolute atomic E-state index is 12.6. The molecule has 0 bridgehead atoms. The third-order valence-corrected chi connectivity index (χ3v) is 6.95. The van der Waals surface area contributed by atoms with Crippen LogP contribution >= 0.6 is 23.1 Å². The molecule has 0 saturated heterocycles. The number of carbonyl (C=O) groups excluding carboxylic acids is 1. The maximum Gasteiger partial charge on any atom is 0.234 e. The fraction of sp³-hybridized carbons (Fsp3) is 0.240. The van der Waals surface area contributed by atoms with Gasteiger partial charge in [0.15, 0.2) is 0 Å².